The number of aromatic nitrogens is 1. The average Bonchev–Trinajstić information content (AvgIpc) is 3.18. The van der Waals surface area contributed by atoms with Gasteiger partial charge in [0.05, 0.1) is 6.15 Å². The van der Waals surface area contributed by atoms with E-state index >= 15 is 0 Å². The maximum Gasteiger partial charge on any atom is 0.212 e. The summed E-state index contributed by atoms with van der Waals surface area (Å²) in [7, 11) is 0. The Hall–Kier alpha value is -2.87. The summed E-state index contributed by atoms with van der Waals surface area (Å²) < 4.78 is 2.33. The molecule has 0 radical (unpaired) electrons. The van der Waals surface area contributed by atoms with Crippen LogP contribution in [0.4, 0.5) is 0 Å². The van der Waals surface area contributed by atoms with E-state index in [4.69, 9.17) is 0 Å². The number of fused-ring (bicyclic) bond motifs is 1. The highest BCUT2D eigenvalue weighted by atomic mass is 14.9. The summed E-state index contributed by atoms with van der Waals surface area (Å²) in [6.45, 7) is 7.97. The van der Waals surface area contributed by atoms with Gasteiger partial charge >= 0.3 is 0 Å². The smallest absolute Gasteiger partial charge is 0.205 e. The first-order valence-corrected chi connectivity index (χ1v) is 21.9. The van der Waals surface area contributed by atoms with Crippen molar-refractivity contribution in [1.82, 2.24) is 0 Å². The first kappa shape index (κ1) is 42.5. The highest BCUT2D eigenvalue weighted by molar-refractivity contribution is 7.02. The predicted molar refractivity (Wildman–Crippen MR) is 230 cm³/mol. The van der Waals surface area contributed by atoms with Crippen LogP contribution in [-0.4, -0.2) is 6.15 Å². The molecule has 0 amide bonds. The van der Waals surface area contributed by atoms with Crippen LogP contribution in [0.15, 0.2) is 103 Å². The number of hydrogen-bond donors (Lipinski definition) is 0. The van der Waals surface area contributed by atoms with Crippen LogP contribution in [0, 0.1) is 0 Å². The predicted octanol–water partition coefficient (Wildman–Crippen LogP) is 14.0. The van der Waals surface area contributed by atoms with E-state index in [-0.39, 0.29) is 0 Å². The van der Waals surface area contributed by atoms with Crippen LogP contribution in [0.1, 0.15) is 162 Å². The van der Waals surface area contributed by atoms with Crippen molar-refractivity contribution in [2.45, 2.75) is 181 Å². The lowest BCUT2D eigenvalue weighted by Gasteiger charge is -2.42. The monoisotopic (exact) mass is 690 g/mol. The van der Waals surface area contributed by atoms with E-state index in [2.05, 4.69) is 129 Å². The Morgan fingerprint density at radius 3 is 1.20 bits per heavy atom. The van der Waals surface area contributed by atoms with Crippen LogP contribution in [0.3, 0.4) is 0 Å². The molecule has 0 N–H and O–H groups in total. The molecule has 0 fully saturated rings. The van der Waals surface area contributed by atoms with Gasteiger partial charge in [-0.05, 0) is 12.1 Å². The van der Waals surface area contributed by atoms with Crippen LogP contribution in [-0.2, 0) is 6.54 Å². The molecule has 0 unspecified atom stereocenters. The lowest BCUT2D eigenvalue weighted by Crippen LogP contribution is -2.58. The van der Waals surface area contributed by atoms with E-state index in [0.29, 0.717) is 0 Å². The fourth-order valence-corrected chi connectivity index (χ4v) is 8.35. The number of unbranched alkanes of at least 4 members (excludes halogenated alkanes) is 19. The Kier molecular flexibility index (Phi) is 23.1. The molecule has 4 rings (SSSR count). The minimum atomic E-state index is -0.685. The molecule has 4 aromatic rings. The first-order valence-electron chi connectivity index (χ1n) is 21.9. The summed E-state index contributed by atoms with van der Waals surface area (Å²) in [4.78, 5) is 0. The summed E-state index contributed by atoms with van der Waals surface area (Å²) >= 11 is 0. The van der Waals surface area contributed by atoms with Gasteiger partial charge in [-0.2, -0.15) is 17.2 Å². The molecule has 0 spiro atoms. The third-order valence-electron chi connectivity index (χ3n) is 11.5. The lowest BCUT2D eigenvalue weighted by atomic mass is 9.15. The summed E-state index contributed by atoms with van der Waals surface area (Å²) in [6.07, 6.45) is 35.0. The van der Waals surface area contributed by atoms with Gasteiger partial charge in [0.25, 0.3) is 0 Å². The van der Waals surface area contributed by atoms with Crippen molar-refractivity contribution in [3.8, 4) is 0 Å². The van der Waals surface area contributed by atoms with Crippen molar-refractivity contribution >= 4 is 28.0 Å². The first-order chi connectivity index (χ1) is 25.2. The average molecular weight is 690 g/mol. The summed E-state index contributed by atoms with van der Waals surface area (Å²) in [5, 5.41) is 1.33. The second kappa shape index (κ2) is 27.7. The number of hydrogen-bond acceptors (Lipinski definition) is 0. The summed E-state index contributed by atoms with van der Waals surface area (Å²) in [5.74, 6) is 0. The fraction of sp³-hybridized carbons (Fsp3) is 0.571. The quantitative estimate of drug-likeness (QED) is 0.0333. The molecule has 1 aromatic heterocycles. The van der Waals surface area contributed by atoms with Gasteiger partial charge in [0.2, 0.25) is 5.52 Å². The number of nitrogens with zero attached hydrogens (tertiary/aromatic N) is 1. The Labute approximate surface area is 316 Å². The highest BCUT2D eigenvalue weighted by Crippen LogP contribution is 2.25. The van der Waals surface area contributed by atoms with Crippen molar-refractivity contribution in [3.63, 3.8) is 0 Å². The second-order valence-corrected chi connectivity index (χ2v) is 15.6. The van der Waals surface area contributed by atoms with E-state index in [1.54, 1.807) is 10.9 Å². The standard InChI is InChI=1S/C36H60B.C13H16N/c1-3-5-7-9-11-13-15-17-19-27-33-37(35-29-23-21-24-30-35,36-31-25-22-26-32-36)34-28-20-18-16-14-12-10-8-6-4-2;1-2-3-10-14-11-6-8-12-7-4-5-9-13(12)14/h21-26,29-32H,3-20,27-28,33-34H2,1-2H3;4-9,11H,2-3,10H2,1H3/q-1;+1. The van der Waals surface area contributed by atoms with Crippen molar-refractivity contribution < 1.29 is 4.57 Å². The number of benzene rings is 3. The van der Waals surface area contributed by atoms with E-state index in [1.165, 1.54) is 165 Å². The minimum Gasteiger partial charge on any atom is -0.205 e. The topological polar surface area (TPSA) is 3.88 Å². The molecule has 0 saturated heterocycles. The highest BCUT2D eigenvalue weighted by Gasteiger charge is 2.27. The third-order valence-corrected chi connectivity index (χ3v) is 11.5. The molecule has 51 heavy (non-hydrogen) atoms. The molecule has 0 saturated carbocycles. The van der Waals surface area contributed by atoms with Gasteiger partial charge in [-0.25, -0.2) is 10.9 Å². The maximum absolute atomic E-state index is 2.43. The molecule has 1 nitrogen and oxygen atoms in total. The van der Waals surface area contributed by atoms with Gasteiger partial charge in [0, 0.05) is 23.9 Å². The van der Waals surface area contributed by atoms with E-state index in [0.717, 1.165) is 6.54 Å². The third kappa shape index (κ3) is 16.6. The van der Waals surface area contributed by atoms with E-state index < -0.39 is 6.15 Å². The zero-order valence-corrected chi connectivity index (χ0v) is 33.5. The molecule has 3 aromatic carbocycles. The van der Waals surface area contributed by atoms with Crippen molar-refractivity contribution in [2.75, 3.05) is 0 Å². The Morgan fingerprint density at radius 2 is 0.745 bits per heavy atom. The van der Waals surface area contributed by atoms with Crippen LogP contribution in [0.2, 0.25) is 12.6 Å². The zero-order chi connectivity index (χ0) is 36.1. The van der Waals surface area contributed by atoms with Gasteiger partial charge < -0.3 is 0 Å². The summed E-state index contributed by atoms with van der Waals surface area (Å²) in [6, 6.07) is 36.0. The minimum absolute atomic E-state index is 0.685. The normalized spacial score (nSPS) is 11.4. The molecule has 0 atom stereocenters. The van der Waals surface area contributed by atoms with Crippen molar-refractivity contribution in [1.29, 1.82) is 0 Å². The van der Waals surface area contributed by atoms with Crippen molar-refractivity contribution in [2.24, 2.45) is 0 Å². The van der Waals surface area contributed by atoms with Gasteiger partial charge in [-0.3, -0.25) is 0 Å². The number of aryl methyl sites for hydroxylation is 1. The SMILES string of the molecule is CCCCCCCCCCCC[B-](CCCCCCCCCCCC)(c1ccccc1)c1ccccc1.CCCC[n+]1cccc2ccccc21. The van der Waals surface area contributed by atoms with E-state index in [1.807, 2.05) is 0 Å². The van der Waals surface area contributed by atoms with Gasteiger partial charge in [0.1, 0.15) is 6.54 Å². The van der Waals surface area contributed by atoms with Crippen LogP contribution < -0.4 is 15.5 Å². The Morgan fingerprint density at radius 1 is 0.373 bits per heavy atom. The molecular weight excluding hydrogens is 613 g/mol. The molecule has 0 aliphatic rings. The largest absolute Gasteiger partial charge is 0.212 e. The molecule has 1 heterocycles. The van der Waals surface area contributed by atoms with Gasteiger partial charge in [-0.15, -0.1) is 0 Å². The van der Waals surface area contributed by atoms with Crippen LogP contribution >= 0.6 is 0 Å². The fourth-order valence-electron chi connectivity index (χ4n) is 8.35. The van der Waals surface area contributed by atoms with E-state index in [9.17, 15) is 0 Å². The van der Waals surface area contributed by atoms with Gasteiger partial charge in [-0.1, -0.05) is 228 Å². The number of rotatable bonds is 27. The Balaban J connectivity index is 0.000000413. The van der Waals surface area contributed by atoms with Gasteiger partial charge in [0.15, 0.2) is 6.20 Å². The number of pyridine rings is 1. The molecule has 2 heteroatoms. The number of para-hydroxylation sites is 1. The van der Waals surface area contributed by atoms with Crippen molar-refractivity contribution in [3.05, 3.63) is 103 Å². The Bertz CT molecular complexity index is 1300. The molecular formula is C49H76BN. The summed E-state index contributed by atoms with van der Waals surface area (Å²) in [5.41, 5.74) is 4.53. The lowest BCUT2D eigenvalue weighted by molar-refractivity contribution is -0.671. The van der Waals surface area contributed by atoms with Crippen LogP contribution in [0.5, 0.6) is 0 Å². The molecule has 0 aliphatic carbocycles. The molecule has 0 bridgehead atoms. The maximum atomic E-state index is 2.43. The van der Waals surface area contributed by atoms with Crippen LogP contribution in [0.25, 0.3) is 10.9 Å². The molecule has 280 valence electrons. The second-order valence-electron chi connectivity index (χ2n) is 15.6. The zero-order valence-electron chi connectivity index (χ0n) is 33.5. The molecule has 0 aliphatic heterocycles.